The van der Waals surface area contributed by atoms with Crippen LogP contribution in [-0.2, 0) is 11.8 Å². The third kappa shape index (κ3) is 3.93. The summed E-state index contributed by atoms with van der Waals surface area (Å²) >= 11 is 1.48. The fraction of sp³-hybridized carbons (Fsp3) is 0.471. The Morgan fingerprint density at radius 3 is 2.30 bits per heavy atom. The van der Waals surface area contributed by atoms with Crippen molar-refractivity contribution >= 4 is 17.7 Å². The van der Waals surface area contributed by atoms with Crippen LogP contribution in [0.4, 0.5) is 0 Å². The van der Waals surface area contributed by atoms with Crippen LogP contribution in [0.25, 0.3) is 11.4 Å². The number of nitrogens with zero attached hydrogens (tertiary/aromatic N) is 4. The van der Waals surface area contributed by atoms with Crippen molar-refractivity contribution in [3.05, 3.63) is 29.8 Å². The van der Waals surface area contributed by atoms with E-state index in [-0.39, 0.29) is 17.1 Å². The van der Waals surface area contributed by atoms with E-state index >= 15 is 0 Å². The van der Waals surface area contributed by atoms with Crippen LogP contribution >= 0.6 is 11.8 Å². The number of carbonyl (C=O) groups is 1. The fourth-order valence-electron chi connectivity index (χ4n) is 2.21. The van der Waals surface area contributed by atoms with E-state index in [1.165, 1.54) is 17.3 Å². The summed E-state index contributed by atoms with van der Waals surface area (Å²) in [5, 5.41) is 9.17. The third-order valence-electron chi connectivity index (χ3n) is 3.67. The van der Waals surface area contributed by atoms with E-state index in [0.29, 0.717) is 0 Å². The summed E-state index contributed by atoms with van der Waals surface area (Å²) in [5.74, 6) is 1.13. The normalized spacial score (nSPS) is 12.5. The third-order valence-corrected chi connectivity index (χ3v) is 5.23. The van der Waals surface area contributed by atoms with Crippen LogP contribution in [0.15, 0.2) is 29.4 Å². The number of benzene rings is 1. The molecule has 1 atom stereocenters. The van der Waals surface area contributed by atoms with Gasteiger partial charge in [0, 0.05) is 26.7 Å². The molecule has 0 unspecified atom stereocenters. The SMILES string of the molecule is Cc1ccc(-c2nnc(S[C@H](C(=O)N(C)C)C(C)C)n2C)cc1. The highest BCUT2D eigenvalue weighted by atomic mass is 32.2. The highest BCUT2D eigenvalue weighted by Gasteiger charge is 2.27. The molecule has 6 heteroatoms. The van der Waals surface area contributed by atoms with Crippen LogP contribution in [0, 0.1) is 12.8 Å². The number of aryl methyl sites for hydroxylation is 1. The van der Waals surface area contributed by atoms with Crippen molar-refractivity contribution in [2.45, 2.75) is 31.2 Å². The van der Waals surface area contributed by atoms with E-state index in [4.69, 9.17) is 0 Å². The minimum Gasteiger partial charge on any atom is -0.348 e. The van der Waals surface area contributed by atoms with Gasteiger partial charge >= 0.3 is 0 Å². The standard InChI is InChI=1S/C17H24N4OS/c1-11(2)14(16(22)20(4)5)23-17-19-18-15(21(17)6)13-9-7-12(3)8-10-13/h7-11,14H,1-6H3/t14-/m0/s1. The van der Waals surface area contributed by atoms with Crippen molar-refractivity contribution in [2.75, 3.05) is 14.1 Å². The first-order valence-corrected chi connectivity index (χ1v) is 8.53. The maximum atomic E-state index is 12.4. The summed E-state index contributed by atoms with van der Waals surface area (Å²) in [6, 6.07) is 8.20. The highest BCUT2D eigenvalue weighted by Crippen LogP contribution is 2.30. The first kappa shape index (κ1) is 17.5. The molecule has 0 radical (unpaired) electrons. The Kier molecular flexibility index (Phi) is 5.46. The molecular weight excluding hydrogens is 308 g/mol. The van der Waals surface area contributed by atoms with Gasteiger partial charge in [-0.25, -0.2) is 0 Å². The molecule has 0 aliphatic carbocycles. The van der Waals surface area contributed by atoms with E-state index in [1.54, 1.807) is 19.0 Å². The topological polar surface area (TPSA) is 51.0 Å². The maximum Gasteiger partial charge on any atom is 0.235 e. The second-order valence-corrected chi connectivity index (χ2v) is 7.36. The molecule has 2 aromatic rings. The number of hydrogen-bond donors (Lipinski definition) is 0. The smallest absolute Gasteiger partial charge is 0.235 e. The van der Waals surface area contributed by atoms with Crippen LogP contribution in [0.2, 0.25) is 0 Å². The molecule has 5 nitrogen and oxygen atoms in total. The zero-order valence-electron chi connectivity index (χ0n) is 14.6. The average Bonchev–Trinajstić information content (AvgIpc) is 2.85. The lowest BCUT2D eigenvalue weighted by atomic mass is 10.1. The largest absolute Gasteiger partial charge is 0.348 e. The zero-order chi connectivity index (χ0) is 17.1. The van der Waals surface area contributed by atoms with Crippen molar-refractivity contribution in [1.82, 2.24) is 19.7 Å². The van der Waals surface area contributed by atoms with E-state index in [0.717, 1.165) is 16.5 Å². The summed E-state index contributed by atoms with van der Waals surface area (Å²) in [7, 11) is 5.51. The average molecular weight is 332 g/mol. The molecule has 2 rings (SSSR count). The lowest BCUT2D eigenvalue weighted by Crippen LogP contribution is -2.35. The predicted octanol–water partition coefficient (Wildman–Crippen LogP) is 3.00. The van der Waals surface area contributed by atoms with Crippen LogP contribution in [0.3, 0.4) is 0 Å². The number of amides is 1. The summed E-state index contributed by atoms with van der Waals surface area (Å²) in [5.41, 5.74) is 2.24. The van der Waals surface area contributed by atoms with Crippen LogP contribution < -0.4 is 0 Å². The van der Waals surface area contributed by atoms with Gasteiger partial charge in [0.15, 0.2) is 11.0 Å². The molecule has 23 heavy (non-hydrogen) atoms. The van der Waals surface area contributed by atoms with E-state index in [2.05, 4.69) is 43.1 Å². The number of aromatic nitrogens is 3. The first-order chi connectivity index (χ1) is 10.8. The van der Waals surface area contributed by atoms with Crippen molar-refractivity contribution < 1.29 is 4.79 Å². The van der Waals surface area contributed by atoms with E-state index in [9.17, 15) is 4.79 Å². The van der Waals surface area contributed by atoms with Gasteiger partial charge in [0.1, 0.15) is 0 Å². The molecule has 124 valence electrons. The predicted molar refractivity (Wildman–Crippen MR) is 94.4 cm³/mol. The Morgan fingerprint density at radius 1 is 1.17 bits per heavy atom. The quantitative estimate of drug-likeness (QED) is 0.790. The second kappa shape index (κ2) is 7.17. The summed E-state index contributed by atoms with van der Waals surface area (Å²) in [4.78, 5) is 14.0. The Balaban J connectivity index is 2.27. The Hall–Kier alpha value is -1.82. The number of thioether (sulfide) groups is 1. The van der Waals surface area contributed by atoms with Gasteiger partial charge in [-0.3, -0.25) is 4.79 Å². The lowest BCUT2D eigenvalue weighted by molar-refractivity contribution is -0.128. The van der Waals surface area contributed by atoms with Crippen LogP contribution in [0.1, 0.15) is 19.4 Å². The summed E-state index contributed by atoms with van der Waals surface area (Å²) < 4.78 is 1.95. The van der Waals surface area contributed by atoms with Gasteiger partial charge in [-0.2, -0.15) is 0 Å². The molecule has 1 aromatic carbocycles. The van der Waals surface area contributed by atoms with Gasteiger partial charge < -0.3 is 9.47 Å². The molecule has 1 amide bonds. The minimum absolute atomic E-state index is 0.102. The Labute approximate surface area is 142 Å². The molecule has 0 spiro atoms. The molecule has 0 aliphatic heterocycles. The van der Waals surface area contributed by atoms with Gasteiger partial charge in [0.25, 0.3) is 0 Å². The van der Waals surface area contributed by atoms with E-state index in [1.807, 2.05) is 23.7 Å². The van der Waals surface area contributed by atoms with Crippen LogP contribution in [-0.4, -0.2) is 44.9 Å². The van der Waals surface area contributed by atoms with Gasteiger partial charge in [0.05, 0.1) is 5.25 Å². The first-order valence-electron chi connectivity index (χ1n) is 7.65. The van der Waals surface area contributed by atoms with Gasteiger partial charge in [-0.15, -0.1) is 10.2 Å². The molecular formula is C17H24N4OS. The van der Waals surface area contributed by atoms with Crippen LogP contribution in [0.5, 0.6) is 0 Å². The minimum atomic E-state index is -0.168. The molecule has 0 aliphatic rings. The lowest BCUT2D eigenvalue weighted by Gasteiger charge is -2.22. The maximum absolute atomic E-state index is 12.4. The van der Waals surface area contributed by atoms with Gasteiger partial charge in [0.2, 0.25) is 5.91 Å². The number of rotatable bonds is 5. The van der Waals surface area contributed by atoms with Crippen molar-refractivity contribution in [3.8, 4) is 11.4 Å². The second-order valence-electron chi connectivity index (χ2n) is 6.25. The Bertz CT molecular complexity index is 676. The zero-order valence-corrected chi connectivity index (χ0v) is 15.4. The fourth-order valence-corrected chi connectivity index (χ4v) is 3.35. The monoisotopic (exact) mass is 332 g/mol. The van der Waals surface area contributed by atoms with E-state index < -0.39 is 0 Å². The molecule has 1 aromatic heterocycles. The molecule has 0 saturated carbocycles. The van der Waals surface area contributed by atoms with Crippen molar-refractivity contribution in [3.63, 3.8) is 0 Å². The molecule has 0 N–H and O–H groups in total. The molecule has 0 bridgehead atoms. The van der Waals surface area contributed by atoms with Crippen molar-refractivity contribution in [1.29, 1.82) is 0 Å². The van der Waals surface area contributed by atoms with Gasteiger partial charge in [-0.05, 0) is 12.8 Å². The molecule has 1 heterocycles. The van der Waals surface area contributed by atoms with Crippen molar-refractivity contribution in [2.24, 2.45) is 13.0 Å². The molecule has 0 saturated heterocycles. The number of carbonyl (C=O) groups excluding carboxylic acids is 1. The summed E-state index contributed by atoms with van der Waals surface area (Å²) in [6.07, 6.45) is 0. The highest BCUT2D eigenvalue weighted by molar-refractivity contribution is 8.00. The van der Waals surface area contributed by atoms with Gasteiger partial charge in [-0.1, -0.05) is 55.4 Å². The summed E-state index contributed by atoms with van der Waals surface area (Å²) in [6.45, 7) is 6.16. The number of hydrogen-bond acceptors (Lipinski definition) is 4. The molecule has 0 fully saturated rings. The Morgan fingerprint density at radius 2 is 1.78 bits per heavy atom.